The van der Waals surface area contributed by atoms with Crippen LogP contribution in [0.3, 0.4) is 0 Å². The highest BCUT2D eigenvalue weighted by molar-refractivity contribution is 7.85. The quantitative estimate of drug-likeness (QED) is 0.0706. The highest BCUT2D eigenvalue weighted by Gasteiger charge is 2.23. The van der Waals surface area contributed by atoms with Crippen molar-refractivity contribution >= 4 is 45.1 Å². The molecule has 3 rings (SSSR count). The summed E-state index contributed by atoms with van der Waals surface area (Å²) in [5, 5.41) is 34.3. The van der Waals surface area contributed by atoms with E-state index >= 15 is 0 Å². The van der Waals surface area contributed by atoms with Crippen LogP contribution in [0.1, 0.15) is 57.4 Å². The molecule has 0 bridgehead atoms. The molecule has 2 amide bonds. The Morgan fingerprint density at radius 3 is 1.98 bits per heavy atom. The average Bonchev–Trinajstić information content (AvgIpc) is 2.89. The summed E-state index contributed by atoms with van der Waals surface area (Å²) in [6, 6.07) is 13.6. The Morgan fingerprint density at radius 2 is 1.49 bits per heavy atom. The fourth-order valence-corrected chi connectivity index (χ4v) is 3.54. The van der Waals surface area contributed by atoms with Crippen LogP contribution in [0.5, 0.6) is 0 Å². The van der Waals surface area contributed by atoms with Crippen molar-refractivity contribution in [2.24, 2.45) is 11.1 Å². The first-order valence-electron chi connectivity index (χ1n) is 12.4. The second-order valence-corrected chi connectivity index (χ2v) is 11.9. The number of carbonyl (C=O) groups is 3. The van der Waals surface area contributed by atoms with Crippen molar-refractivity contribution in [1.82, 2.24) is 5.32 Å². The van der Waals surface area contributed by atoms with Gasteiger partial charge in [-0.25, -0.2) is 4.79 Å². The van der Waals surface area contributed by atoms with E-state index < -0.39 is 32.8 Å². The van der Waals surface area contributed by atoms with Gasteiger partial charge in [-0.2, -0.15) is 8.42 Å². The van der Waals surface area contributed by atoms with Crippen LogP contribution in [-0.4, -0.2) is 59.4 Å². The molecule has 228 valence electrons. The van der Waals surface area contributed by atoms with Crippen molar-refractivity contribution in [2.75, 3.05) is 18.1 Å². The molecule has 3 aromatic carbocycles. The fraction of sp³-hybridized carbons (Fsp3) is 0.214. The molecule has 0 saturated carbocycles. The Bertz CT molecular complexity index is 1670. The largest absolute Gasteiger partial charge is 0.478 e. The zero-order valence-electron chi connectivity index (χ0n) is 23.7. The second-order valence-electron chi connectivity index (χ2n) is 10.5. The van der Waals surface area contributed by atoms with Gasteiger partial charge in [-0.15, -0.1) is 0 Å². The van der Waals surface area contributed by atoms with Gasteiger partial charge in [0.2, 0.25) is 0 Å². The van der Waals surface area contributed by atoms with Crippen molar-refractivity contribution < 1.29 is 37.4 Å². The van der Waals surface area contributed by atoms with Gasteiger partial charge in [-0.3, -0.25) is 29.7 Å². The summed E-state index contributed by atoms with van der Waals surface area (Å²) in [5.74, 6) is -2.63. The molecular weight excluding hydrogens is 582 g/mol. The van der Waals surface area contributed by atoms with E-state index in [9.17, 15) is 38.0 Å². The van der Waals surface area contributed by atoms with Crippen LogP contribution in [0.25, 0.3) is 11.1 Å². The van der Waals surface area contributed by atoms with Crippen LogP contribution in [-0.2, 0) is 10.1 Å². The molecule has 15 heteroatoms. The minimum absolute atomic E-state index is 0.0103. The van der Waals surface area contributed by atoms with Crippen LogP contribution in [0.15, 0.2) is 60.7 Å². The summed E-state index contributed by atoms with van der Waals surface area (Å²) < 4.78 is 25.9. The Morgan fingerprint density at radius 1 is 0.930 bits per heavy atom. The summed E-state index contributed by atoms with van der Waals surface area (Å²) in [7, 11) is -3.67. The number of carbonyl (C=O) groups excluding carboxylic acids is 2. The van der Waals surface area contributed by atoms with Crippen LogP contribution >= 0.6 is 0 Å². The van der Waals surface area contributed by atoms with Gasteiger partial charge in [0, 0.05) is 46.6 Å². The van der Waals surface area contributed by atoms with Gasteiger partial charge >= 0.3 is 5.97 Å². The van der Waals surface area contributed by atoms with Crippen molar-refractivity contribution in [3.63, 3.8) is 0 Å². The van der Waals surface area contributed by atoms with E-state index in [1.807, 2.05) is 20.8 Å². The number of nitrogen functional groups attached to an aromatic ring is 1. The number of nitrogens with one attached hydrogen (secondary N) is 3. The van der Waals surface area contributed by atoms with E-state index in [4.69, 9.17) is 15.7 Å². The number of hydrogen-bond acceptors (Lipinski definition) is 8. The lowest BCUT2D eigenvalue weighted by molar-refractivity contribution is -0.384. The minimum atomic E-state index is -3.67. The maximum Gasteiger partial charge on any atom is 0.336 e. The summed E-state index contributed by atoms with van der Waals surface area (Å²) in [6.07, 6.45) is 0.715. The molecule has 0 spiro atoms. The third-order valence-corrected chi connectivity index (χ3v) is 5.49. The summed E-state index contributed by atoms with van der Waals surface area (Å²) in [4.78, 5) is 48.8. The molecule has 0 aliphatic carbocycles. The Hall–Kier alpha value is -5.15. The highest BCUT2D eigenvalue weighted by atomic mass is 32.2. The summed E-state index contributed by atoms with van der Waals surface area (Å²) >= 11 is 0. The molecule has 0 atom stereocenters. The van der Waals surface area contributed by atoms with Crippen LogP contribution in [0.2, 0.25) is 0 Å². The molecule has 0 aliphatic heterocycles. The van der Waals surface area contributed by atoms with Gasteiger partial charge in [0.25, 0.3) is 27.6 Å². The Kier molecular flexibility index (Phi) is 10.8. The molecular formula is C28H31N5O9S. The van der Waals surface area contributed by atoms with E-state index in [0.29, 0.717) is 24.1 Å². The number of non-ortho nitro benzene ring substituents is 1. The molecule has 0 heterocycles. The van der Waals surface area contributed by atoms with Crippen molar-refractivity contribution in [1.29, 1.82) is 5.41 Å². The third kappa shape index (κ3) is 10.6. The van der Waals surface area contributed by atoms with Crippen LogP contribution in [0, 0.1) is 20.9 Å². The van der Waals surface area contributed by atoms with Gasteiger partial charge in [0.15, 0.2) is 0 Å². The lowest BCUT2D eigenvalue weighted by Gasteiger charge is -2.19. The zero-order valence-corrected chi connectivity index (χ0v) is 24.5. The summed E-state index contributed by atoms with van der Waals surface area (Å²) in [5.41, 5.74) is 5.57. The lowest BCUT2D eigenvalue weighted by Crippen LogP contribution is -2.32. The van der Waals surface area contributed by atoms with E-state index in [1.54, 1.807) is 12.1 Å². The fourth-order valence-electron chi connectivity index (χ4n) is 3.54. The number of carboxylic acids is 1. The molecule has 43 heavy (non-hydrogen) atoms. The van der Waals surface area contributed by atoms with Gasteiger partial charge in [0.05, 0.1) is 16.7 Å². The zero-order chi connectivity index (χ0) is 32.7. The van der Waals surface area contributed by atoms with Crippen molar-refractivity contribution in [2.45, 2.75) is 20.8 Å². The molecule has 0 radical (unpaired) electrons. The van der Waals surface area contributed by atoms with Gasteiger partial charge in [-0.05, 0) is 53.4 Å². The number of carboxylic acid groups (broad SMARTS) is 1. The Labute approximate surface area is 247 Å². The Balaban J connectivity index is 0.00000119. The number of aromatic carboxylic acids is 1. The molecule has 0 fully saturated rings. The number of anilines is 1. The maximum atomic E-state index is 13.2. The van der Waals surface area contributed by atoms with E-state index in [0.717, 1.165) is 12.1 Å². The standard InChI is InChI=1S/C27H27N5O6.CH4O3S/c1-27(2,3)14-30-24(33)16-6-10-19(22(12-16)26(35)36)21-13-18(32(37)38)9-11-20(21)25(34)31-17-7-4-15(5-8-17)23(28)29;1-5(2,3)4/h4-13H,14H2,1-3H3,(H3,28,29)(H,30,33)(H,31,34)(H,35,36);1H3,(H,2,3,4). The SMILES string of the molecule is CC(C)(C)CNC(=O)c1ccc(-c2cc([N+](=O)[O-])ccc2C(=O)Nc2ccc(C(=N)N)cc2)c(C(=O)O)c1.CS(=O)(=O)O. The van der Waals surface area contributed by atoms with E-state index in [1.165, 1.54) is 36.4 Å². The molecule has 0 saturated heterocycles. The molecule has 7 N–H and O–H groups in total. The van der Waals surface area contributed by atoms with Gasteiger partial charge in [0.1, 0.15) is 5.84 Å². The molecule has 0 aliphatic rings. The maximum absolute atomic E-state index is 13.2. The normalized spacial score (nSPS) is 11.0. The molecule has 0 unspecified atom stereocenters. The number of hydrogen-bond donors (Lipinski definition) is 6. The first-order valence-corrected chi connectivity index (χ1v) is 14.2. The number of nitro benzene ring substituents is 1. The average molecular weight is 614 g/mol. The topological polar surface area (TPSA) is 243 Å². The smallest absolute Gasteiger partial charge is 0.336 e. The minimum Gasteiger partial charge on any atom is -0.478 e. The predicted molar refractivity (Wildman–Crippen MR) is 160 cm³/mol. The summed E-state index contributed by atoms with van der Waals surface area (Å²) in [6.45, 7) is 6.17. The van der Waals surface area contributed by atoms with Crippen LogP contribution in [0.4, 0.5) is 11.4 Å². The van der Waals surface area contributed by atoms with Gasteiger partial charge in [-0.1, -0.05) is 26.8 Å². The number of nitrogens with two attached hydrogens (primary N) is 1. The molecule has 0 aromatic heterocycles. The number of amides is 2. The second kappa shape index (κ2) is 13.7. The van der Waals surface area contributed by atoms with Crippen molar-refractivity contribution in [3.05, 3.63) is 93.0 Å². The number of benzene rings is 3. The van der Waals surface area contributed by atoms with E-state index in [2.05, 4.69) is 10.6 Å². The predicted octanol–water partition coefficient (Wildman–Crippen LogP) is 3.78. The number of nitro groups is 1. The van der Waals surface area contributed by atoms with Crippen LogP contribution < -0.4 is 16.4 Å². The van der Waals surface area contributed by atoms with E-state index in [-0.39, 0.29) is 44.8 Å². The van der Waals surface area contributed by atoms with Gasteiger partial charge < -0.3 is 21.5 Å². The highest BCUT2D eigenvalue weighted by Crippen LogP contribution is 2.32. The number of rotatable bonds is 8. The third-order valence-electron chi connectivity index (χ3n) is 5.49. The molecule has 3 aromatic rings. The molecule has 14 nitrogen and oxygen atoms in total. The first-order chi connectivity index (χ1) is 19.8. The first kappa shape index (κ1) is 34.1. The number of nitrogens with zero attached hydrogens (tertiary/aromatic N) is 1. The monoisotopic (exact) mass is 613 g/mol. The lowest BCUT2D eigenvalue weighted by atomic mass is 9.92. The number of amidine groups is 1. The van der Waals surface area contributed by atoms with Crippen molar-refractivity contribution in [3.8, 4) is 11.1 Å².